The molecule has 2 rings (SSSR count). The van der Waals surface area contributed by atoms with E-state index in [1.165, 1.54) is 6.07 Å². The SMILES string of the molecule is CC(=O)N(C(C)=O)C(=O)c1cn(Cc2c(F)cccc2F)nn1. The average molecular weight is 322 g/mol. The van der Waals surface area contributed by atoms with Crippen molar-refractivity contribution in [3.8, 4) is 0 Å². The Morgan fingerprint density at radius 3 is 2.22 bits per heavy atom. The molecule has 0 radical (unpaired) electrons. The Labute approximate surface area is 129 Å². The lowest BCUT2D eigenvalue weighted by molar-refractivity contribution is -0.138. The molecule has 0 saturated carbocycles. The first-order valence-electron chi connectivity index (χ1n) is 6.50. The number of nitrogens with zero attached hydrogens (tertiary/aromatic N) is 4. The van der Waals surface area contributed by atoms with E-state index in [4.69, 9.17) is 0 Å². The molecular weight excluding hydrogens is 310 g/mol. The lowest BCUT2D eigenvalue weighted by Crippen LogP contribution is -2.39. The number of hydrogen-bond donors (Lipinski definition) is 0. The number of amides is 3. The van der Waals surface area contributed by atoms with Gasteiger partial charge in [0.15, 0.2) is 5.69 Å². The zero-order valence-corrected chi connectivity index (χ0v) is 12.3. The van der Waals surface area contributed by atoms with E-state index in [1.807, 2.05) is 0 Å². The zero-order chi connectivity index (χ0) is 17.1. The van der Waals surface area contributed by atoms with E-state index in [-0.39, 0.29) is 17.8 Å². The number of imide groups is 3. The molecule has 23 heavy (non-hydrogen) atoms. The zero-order valence-electron chi connectivity index (χ0n) is 12.3. The van der Waals surface area contributed by atoms with Gasteiger partial charge < -0.3 is 0 Å². The smallest absolute Gasteiger partial charge is 0.274 e. The predicted molar refractivity (Wildman–Crippen MR) is 73.0 cm³/mol. The summed E-state index contributed by atoms with van der Waals surface area (Å²) in [5.41, 5.74) is -0.529. The molecule has 0 saturated heterocycles. The molecule has 0 aliphatic carbocycles. The summed E-state index contributed by atoms with van der Waals surface area (Å²) in [7, 11) is 0. The third-order valence-corrected chi connectivity index (χ3v) is 2.97. The summed E-state index contributed by atoms with van der Waals surface area (Å²) >= 11 is 0. The van der Waals surface area contributed by atoms with E-state index >= 15 is 0 Å². The van der Waals surface area contributed by atoms with Gasteiger partial charge >= 0.3 is 0 Å². The van der Waals surface area contributed by atoms with Crippen LogP contribution in [0.5, 0.6) is 0 Å². The summed E-state index contributed by atoms with van der Waals surface area (Å²) < 4.78 is 28.2. The van der Waals surface area contributed by atoms with Crippen molar-refractivity contribution in [3.05, 3.63) is 47.3 Å². The van der Waals surface area contributed by atoms with E-state index in [0.29, 0.717) is 4.90 Å². The maximum absolute atomic E-state index is 13.6. The van der Waals surface area contributed by atoms with Crippen LogP contribution in [0.2, 0.25) is 0 Å². The number of rotatable bonds is 3. The van der Waals surface area contributed by atoms with Crippen LogP contribution in [0.3, 0.4) is 0 Å². The lowest BCUT2D eigenvalue weighted by atomic mass is 10.2. The molecule has 1 aromatic heterocycles. The number of carbonyl (C=O) groups excluding carboxylic acids is 3. The van der Waals surface area contributed by atoms with Crippen molar-refractivity contribution < 1.29 is 23.2 Å². The molecule has 0 aliphatic rings. The molecule has 1 heterocycles. The van der Waals surface area contributed by atoms with Crippen molar-refractivity contribution in [2.45, 2.75) is 20.4 Å². The summed E-state index contributed by atoms with van der Waals surface area (Å²) in [6.07, 6.45) is 1.10. The Hall–Kier alpha value is -2.97. The van der Waals surface area contributed by atoms with Gasteiger partial charge in [-0.15, -0.1) is 5.10 Å². The van der Waals surface area contributed by atoms with Crippen LogP contribution < -0.4 is 0 Å². The number of halogens is 2. The van der Waals surface area contributed by atoms with Gasteiger partial charge in [0.2, 0.25) is 11.8 Å². The molecular formula is C14H12F2N4O3. The first-order chi connectivity index (χ1) is 10.8. The number of benzene rings is 1. The standard InChI is InChI=1S/C14H12F2N4O3/c1-8(21)20(9(2)22)14(23)13-7-19(18-17-13)6-10-11(15)4-3-5-12(10)16/h3-5,7H,6H2,1-2H3. The van der Waals surface area contributed by atoms with Crippen LogP contribution >= 0.6 is 0 Å². The minimum Gasteiger partial charge on any atom is -0.274 e. The molecule has 2 aromatic rings. The van der Waals surface area contributed by atoms with Gasteiger partial charge in [0.25, 0.3) is 5.91 Å². The Kier molecular flexibility index (Phi) is 4.58. The van der Waals surface area contributed by atoms with Crippen molar-refractivity contribution in [1.82, 2.24) is 19.9 Å². The van der Waals surface area contributed by atoms with Gasteiger partial charge in [-0.3, -0.25) is 14.4 Å². The molecule has 0 fully saturated rings. The third-order valence-electron chi connectivity index (χ3n) is 2.97. The molecule has 1 aromatic carbocycles. The number of aromatic nitrogens is 3. The van der Waals surface area contributed by atoms with E-state index < -0.39 is 29.4 Å². The van der Waals surface area contributed by atoms with Gasteiger partial charge in [-0.25, -0.2) is 18.4 Å². The van der Waals surface area contributed by atoms with Crippen LogP contribution in [-0.4, -0.2) is 37.6 Å². The Morgan fingerprint density at radius 1 is 1.13 bits per heavy atom. The minimum atomic E-state index is -0.953. The van der Waals surface area contributed by atoms with Crippen molar-refractivity contribution >= 4 is 17.7 Å². The van der Waals surface area contributed by atoms with Crippen LogP contribution in [0.1, 0.15) is 29.9 Å². The second-order valence-corrected chi connectivity index (χ2v) is 4.68. The van der Waals surface area contributed by atoms with Crippen molar-refractivity contribution in [3.63, 3.8) is 0 Å². The second-order valence-electron chi connectivity index (χ2n) is 4.68. The van der Waals surface area contributed by atoms with E-state index in [0.717, 1.165) is 36.9 Å². The molecule has 0 aliphatic heterocycles. The van der Waals surface area contributed by atoms with Crippen molar-refractivity contribution in [2.75, 3.05) is 0 Å². The minimum absolute atomic E-state index is 0.244. The molecule has 0 unspecified atom stereocenters. The largest absolute Gasteiger partial charge is 0.289 e. The summed E-state index contributed by atoms with van der Waals surface area (Å²) in [5.74, 6) is -4.01. The second kappa shape index (κ2) is 6.42. The fourth-order valence-corrected chi connectivity index (χ4v) is 1.94. The maximum atomic E-state index is 13.6. The fourth-order valence-electron chi connectivity index (χ4n) is 1.94. The van der Waals surface area contributed by atoms with Crippen LogP contribution in [0.25, 0.3) is 0 Å². The fraction of sp³-hybridized carbons (Fsp3) is 0.214. The Morgan fingerprint density at radius 2 is 1.70 bits per heavy atom. The van der Waals surface area contributed by atoms with E-state index in [1.54, 1.807) is 0 Å². The highest BCUT2D eigenvalue weighted by Gasteiger charge is 2.26. The monoisotopic (exact) mass is 322 g/mol. The molecule has 0 bridgehead atoms. The van der Waals surface area contributed by atoms with Crippen molar-refractivity contribution in [1.29, 1.82) is 0 Å². The van der Waals surface area contributed by atoms with Gasteiger partial charge in [-0.1, -0.05) is 11.3 Å². The van der Waals surface area contributed by atoms with Crippen LogP contribution in [-0.2, 0) is 16.1 Å². The molecule has 0 atom stereocenters. The number of carbonyl (C=O) groups is 3. The molecule has 0 spiro atoms. The molecule has 3 amide bonds. The third kappa shape index (κ3) is 3.44. The summed E-state index contributed by atoms with van der Waals surface area (Å²) in [6, 6.07) is 3.41. The predicted octanol–water partition coefficient (Wildman–Crippen LogP) is 1.14. The van der Waals surface area contributed by atoms with Crippen LogP contribution in [0.4, 0.5) is 8.78 Å². The highest BCUT2D eigenvalue weighted by molar-refractivity contribution is 6.14. The van der Waals surface area contributed by atoms with Gasteiger partial charge in [0.05, 0.1) is 12.7 Å². The Balaban J connectivity index is 2.26. The highest BCUT2D eigenvalue weighted by atomic mass is 19.1. The number of hydrogen-bond acceptors (Lipinski definition) is 5. The topological polar surface area (TPSA) is 85.2 Å². The summed E-state index contributed by atoms with van der Waals surface area (Å²) in [6.45, 7) is 1.82. The van der Waals surface area contributed by atoms with E-state index in [2.05, 4.69) is 10.3 Å². The first-order valence-corrected chi connectivity index (χ1v) is 6.50. The van der Waals surface area contributed by atoms with Gasteiger partial charge in [0, 0.05) is 19.4 Å². The molecule has 9 heteroatoms. The molecule has 7 nitrogen and oxygen atoms in total. The normalized spacial score (nSPS) is 10.4. The summed E-state index contributed by atoms with van der Waals surface area (Å²) in [5, 5.41) is 7.11. The van der Waals surface area contributed by atoms with Crippen LogP contribution in [0.15, 0.2) is 24.4 Å². The quantitative estimate of drug-likeness (QED) is 0.846. The maximum Gasteiger partial charge on any atom is 0.289 e. The molecule has 120 valence electrons. The molecule has 0 N–H and O–H groups in total. The van der Waals surface area contributed by atoms with Crippen LogP contribution in [0, 0.1) is 11.6 Å². The van der Waals surface area contributed by atoms with Crippen molar-refractivity contribution in [2.24, 2.45) is 0 Å². The van der Waals surface area contributed by atoms with E-state index in [9.17, 15) is 23.2 Å². The first kappa shape index (κ1) is 16.4. The van der Waals surface area contributed by atoms with Gasteiger partial charge in [-0.2, -0.15) is 0 Å². The Bertz CT molecular complexity index is 754. The highest BCUT2D eigenvalue weighted by Crippen LogP contribution is 2.13. The lowest BCUT2D eigenvalue weighted by Gasteiger charge is -2.12. The van der Waals surface area contributed by atoms with Gasteiger partial charge in [0.1, 0.15) is 11.6 Å². The summed E-state index contributed by atoms with van der Waals surface area (Å²) in [4.78, 5) is 35.1. The van der Waals surface area contributed by atoms with Gasteiger partial charge in [-0.05, 0) is 12.1 Å². The average Bonchev–Trinajstić information content (AvgIpc) is 2.91.